The summed E-state index contributed by atoms with van der Waals surface area (Å²) in [5.74, 6) is -0.0666. The fourth-order valence-corrected chi connectivity index (χ4v) is 4.01. The molecule has 5 nitrogen and oxygen atoms in total. The standard InChI is InChI=1S/C24H25N3O2/c1-16-6-8-17(9-7-16)24(29)22-11-10-19(27(22)2)14-23(28)26-21-5-3-4-18-15-25-13-12-20(18)21/h6-13,15,21H,3-5,14H2,1-2H3,(H,26,28). The zero-order chi connectivity index (χ0) is 20.4. The van der Waals surface area contributed by atoms with Crippen molar-refractivity contribution in [2.24, 2.45) is 7.05 Å². The molecule has 148 valence electrons. The molecule has 0 radical (unpaired) electrons. The molecule has 29 heavy (non-hydrogen) atoms. The van der Waals surface area contributed by atoms with Crippen LogP contribution in [-0.2, 0) is 24.7 Å². The Morgan fingerprint density at radius 2 is 1.93 bits per heavy atom. The van der Waals surface area contributed by atoms with Gasteiger partial charge in [-0.15, -0.1) is 0 Å². The lowest BCUT2D eigenvalue weighted by Crippen LogP contribution is -2.32. The van der Waals surface area contributed by atoms with E-state index in [1.165, 1.54) is 11.1 Å². The minimum atomic E-state index is -0.0344. The van der Waals surface area contributed by atoms with E-state index in [9.17, 15) is 9.59 Å². The highest BCUT2D eigenvalue weighted by Gasteiger charge is 2.22. The van der Waals surface area contributed by atoms with Crippen molar-refractivity contribution in [2.45, 2.75) is 38.6 Å². The molecule has 5 heteroatoms. The predicted molar refractivity (Wildman–Crippen MR) is 112 cm³/mol. The van der Waals surface area contributed by atoms with Crippen LogP contribution in [0.4, 0.5) is 0 Å². The summed E-state index contributed by atoms with van der Waals surface area (Å²) in [6.45, 7) is 1.99. The number of hydrogen-bond acceptors (Lipinski definition) is 3. The van der Waals surface area contributed by atoms with Gasteiger partial charge in [0.2, 0.25) is 11.7 Å². The number of hydrogen-bond donors (Lipinski definition) is 1. The molecule has 4 rings (SSSR count). The molecule has 0 bridgehead atoms. The largest absolute Gasteiger partial charge is 0.349 e. The van der Waals surface area contributed by atoms with Crippen molar-refractivity contribution in [3.63, 3.8) is 0 Å². The zero-order valence-electron chi connectivity index (χ0n) is 16.8. The van der Waals surface area contributed by atoms with E-state index < -0.39 is 0 Å². The molecule has 1 N–H and O–H groups in total. The van der Waals surface area contributed by atoms with Crippen LogP contribution in [0.2, 0.25) is 0 Å². The lowest BCUT2D eigenvalue weighted by atomic mass is 9.89. The second kappa shape index (κ2) is 8.03. The molecule has 1 aliphatic rings. The lowest BCUT2D eigenvalue weighted by Gasteiger charge is -2.26. The Hall–Kier alpha value is -3.21. The molecule has 3 aromatic rings. The van der Waals surface area contributed by atoms with Gasteiger partial charge in [-0.1, -0.05) is 29.8 Å². The van der Waals surface area contributed by atoms with Crippen LogP contribution in [-0.4, -0.2) is 21.2 Å². The fraction of sp³-hybridized carbons (Fsp3) is 0.292. The highest BCUT2D eigenvalue weighted by Crippen LogP contribution is 2.28. The van der Waals surface area contributed by atoms with E-state index in [1.807, 2.05) is 61.1 Å². The first-order valence-electron chi connectivity index (χ1n) is 10.0. The number of pyridine rings is 1. The summed E-state index contributed by atoms with van der Waals surface area (Å²) in [6, 6.07) is 13.2. The Labute approximate surface area is 170 Å². The van der Waals surface area contributed by atoms with Gasteiger partial charge < -0.3 is 9.88 Å². The summed E-state index contributed by atoms with van der Waals surface area (Å²) in [7, 11) is 1.84. The Morgan fingerprint density at radius 1 is 1.14 bits per heavy atom. The van der Waals surface area contributed by atoms with Gasteiger partial charge in [0.25, 0.3) is 0 Å². The van der Waals surface area contributed by atoms with Gasteiger partial charge in [-0.25, -0.2) is 0 Å². The van der Waals surface area contributed by atoms with Crippen LogP contribution in [0.15, 0.2) is 54.9 Å². The van der Waals surface area contributed by atoms with Crippen molar-refractivity contribution in [1.82, 2.24) is 14.9 Å². The molecule has 0 spiro atoms. The number of ketones is 1. The molecule has 2 aromatic heterocycles. The summed E-state index contributed by atoms with van der Waals surface area (Å²) in [6.07, 6.45) is 6.92. The zero-order valence-corrected chi connectivity index (χ0v) is 16.8. The summed E-state index contributed by atoms with van der Waals surface area (Å²) in [5, 5.41) is 3.16. The van der Waals surface area contributed by atoms with Gasteiger partial charge >= 0.3 is 0 Å². The van der Waals surface area contributed by atoms with Crippen molar-refractivity contribution in [3.8, 4) is 0 Å². The molecule has 1 aliphatic carbocycles. The lowest BCUT2D eigenvalue weighted by molar-refractivity contribution is -0.121. The summed E-state index contributed by atoms with van der Waals surface area (Å²) < 4.78 is 1.82. The summed E-state index contributed by atoms with van der Waals surface area (Å²) in [5.41, 5.74) is 5.57. The van der Waals surface area contributed by atoms with Crippen LogP contribution in [0.5, 0.6) is 0 Å². The number of aryl methyl sites for hydroxylation is 2. The molecule has 1 amide bonds. The van der Waals surface area contributed by atoms with Crippen molar-refractivity contribution in [1.29, 1.82) is 0 Å². The highest BCUT2D eigenvalue weighted by molar-refractivity contribution is 6.08. The van der Waals surface area contributed by atoms with E-state index in [-0.39, 0.29) is 24.2 Å². The van der Waals surface area contributed by atoms with E-state index in [2.05, 4.69) is 10.3 Å². The third kappa shape index (κ3) is 3.99. The van der Waals surface area contributed by atoms with E-state index in [0.717, 1.165) is 30.5 Å². The van der Waals surface area contributed by atoms with Crippen LogP contribution in [0.25, 0.3) is 0 Å². The normalized spacial score (nSPS) is 15.6. The van der Waals surface area contributed by atoms with Gasteiger partial charge in [-0.3, -0.25) is 14.6 Å². The van der Waals surface area contributed by atoms with Crippen molar-refractivity contribution in [3.05, 3.63) is 88.5 Å². The maximum Gasteiger partial charge on any atom is 0.226 e. The van der Waals surface area contributed by atoms with Crippen molar-refractivity contribution < 1.29 is 9.59 Å². The topological polar surface area (TPSA) is 64.0 Å². The number of rotatable bonds is 5. The number of carbonyl (C=O) groups excluding carboxylic acids is 2. The van der Waals surface area contributed by atoms with Crippen molar-refractivity contribution >= 4 is 11.7 Å². The van der Waals surface area contributed by atoms with Crippen molar-refractivity contribution in [2.75, 3.05) is 0 Å². The van der Waals surface area contributed by atoms with Gasteiger partial charge in [0.1, 0.15) is 0 Å². The molecule has 0 fully saturated rings. The Morgan fingerprint density at radius 3 is 2.72 bits per heavy atom. The third-order valence-corrected chi connectivity index (χ3v) is 5.70. The molecule has 2 heterocycles. The number of amides is 1. The Balaban J connectivity index is 1.46. The second-order valence-electron chi connectivity index (χ2n) is 7.73. The maximum absolute atomic E-state index is 12.8. The summed E-state index contributed by atoms with van der Waals surface area (Å²) in [4.78, 5) is 29.7. The second-order valence-corrected chi connectivity index (χ2v) is 7.73. The molecule has 1 unspecified atom stereocenters. The first kappa shape index (κ1) is 19.1. The van der Waals surface area contributed by atoms with Crippen LogP contribution in [0, 0.1) is 6.92 Å². The number of aromatic nitrogens is 2. The van der Waals surface area contributed by atoms with E-state index in [4.69, 9.17) is 0 Å². The highest BCUT2D eigenvalue weighted by atomic mass is 16.1. The minimum absolute atomic E-state index is 0.0307. The average molecular weight is 387 g/mol. The smallest absolute Gasteiger partial charge is 0.226 e. The van der Waals surface area contributed by atoms with Crippen LogP contribution < -0.4 is 5.32 Å². The third-order valence-electron chi connectivity index (χ3n) is 5.70. The molecule has 0 saturated carbocycles. The van der Waals surface area contributed by atoms with Crippen LogP contribution in [0.3, 0.4) is 0 Å². The molecule has 0 saturated heterocycles. The van der Waals surface area contributed by atoms with E-state index in [1.54, 1.807) is 12.3 Å². The van der Waals surface area contributed by atoms with Crippen LogP contribution >= 0.6 is 0 Å². The van der Waals surface area contributed by atoms with Crippen LogP contribution in [0.1, 0.15) is 57.3 Å². The summed E-state index contributed by atoms with van der Waals surface area (Å²) >= 11 is 0. The monoisotopic (exact) mass is 387 g/mol. The molecule has 0 aliphatic heterocycles. The Kier molecular flexibility index (Phi) is 5.30. The molecular formula is C24H25N3O2. The number of carbonyl (C=O) groups is 2. The molecule has 1 atom stereocenters. The fourth-order valence-electron chi connectivity index (χ4n) is 4.01. The first-order valence-corrected chi connectivity index (χ1v) is 10.0. The molecule has 1 aromatic carbocycles. The minimum Gasteiger partial charge on any atom is -0.349 e. The van der Waals surface area contributed by atoms with Gasteiger partial charge in [0, 0.05) is 30.7 Å². The number of nitrogens with zero attached hydrogens (tertiary/aromatic N) is 2. The van der Waals surface area contributed by atoms with Gasteiger partial charge in [-0.2, -0.15) is 0 Å². The number of benzene rings is 1. The molecular weight excluding hydrogens is 362 g/mol. The number of fused-ring (bicyclic) bond motifs is 1. The SMILES string of the molecule is Cc1ccc(C(=O)c2ccc(CC(=O)NC3CCCc4cnccc43)n2C)cc1. The predicted octanol–water partition coefficient (Wildman–Crippen LogP) is 3.70. The first-order chi connectivity index (χ1) is 14.0. The quantitative estimate of drug-likeness (QED) is 0.679. The van der Waals surface area contributed by atoms with Gasteiger partial charge in [-0.05, 0) is 55.5 Å². The van der Waals surface area contributed by atoms with Gasteiger partial charge in [0.15, 0.2) is 0 Å². The van der Waals surface area contributed by atoms with E-state index >= 15 is 0 Å². The number of nitrogens with one attached hydrogen (secondary N) is 1. The Bertz CT molecular complexity index is 1050. The van der Waals surface area contributed by atoms with E-state index in [0.29, 0.717) is 11.3 Å². The van der Waals surface area contributed by atoms with Gasteiger partial charge in [0.05, 0.1) is 18.2 Å². The average Bonchev–Trinajstić information content (AvgIpc) is 3.08. The maximum atomic E-state index is 12.8.